The Balaban J connectivity index is 2.24. The number of anilines is 2. The quantitative estimate of drug-likeness (QED) is 0.826. The summed E-state index contributed by atoms with van der Waals surface area (Å²) < 4.78 is 26.1. The maximum Gasteiger partial charge on any atom is 0.266 e. The zero-order valence-electron chi connectivity index (χ0n) is 9.36. The highest BCUT2D eigenvalue weighted by Gasteiger charge is 2.17. The third kappa shape index (κ3) is 2.71. The van der Waals surface area contributed by atoms with E-state index in [0.717, 1.165) is 17.4 Å². The van der Waals surface area contributed by atoms with Gasteiger partial charge in [-0.25, -0.2) is 18.4 Å². The van der Waals surface area contributed by atoms with Gasteiger partial charge in [-0.2, -0.15) is 0 Å². The molecule has 0 amide bonds. The van der Waals surface area contributed by atoms with Crippen molar-refractivity contribution in [2.75, 3.05) is 10.5 Å². The zero-order valence-corrected chi connectivity index (χ0v) is 11.0. The summed E-state index contributed by atoms with van der Waals surface area (Å²) in [4.78, 5) is 7.17. The molecule has 0 fully saturated rings. The summed E-state index contributed by atoms with van der Waals surface area (Å²) in [6.07, 6.45) is 2.96. The molecule has 0 spiro atoms. The Morgan fingerprint density at radius 3 is 2.56 bits per heavy atom. The number of nitrogens with two attached hydrogens (primary N) is 1. The Morgan fingerprint density at radius 1 is 1.33 bits per heavy atom. The van der Waals surface area contributed by atoms with Crippen LogP contribution in [0.15, 0.2) is 17.3 Å². The van der Waals surface area contributed by atoms with Crippen LogP contribution in [0.5, 0.6) is 0 Å². The van der Waals surface area contributed by atoms with Gasteiger partial charge in [0.2, 0.25) is 11.1 Å². The molecule has 0 aliphatic rings. The van der Waals surface area contributed by atoms with Gasteiger partial charge in [-0.3, -0.25) is 4.72 Å². The Morgan fingerprint density at radius 2 is 2.00 bits per heavy atom. The van der Waals surface area contributed by atoms with Crippen LogP contribution in [0.4, 0.5) is 11.1 Å². The van der Waals surface area contributed by atoms with Crippen LogP contribution in [0.2, 0.25) is 0 Å². The summed E-state index contributed by atoms with van der Waals surface area (Å²) in [6.45, 7) is 1.91. The fourth-order valence-corrected chi connectivity index (χ4v) is 2.87. The summed E-state index contributed by atoms with van der Waals surface area (Å²) >= 11 is 1.18. The van der Waals surface area contributed by atoms with E-state index >= 15 is 0 Å². The van der Waals surface area contributed by atoms with E-state index in [1.807, 2.05) is 6.92 Å². The zero-order chi connectivity index (χ0) is 13.2. The molecule has 0 saturated heterocycles. The van der Waals surface area contributed by atoms with Gasteiger partial charge in [0.1, 0.15) is 9.90 Å². The van der Waals surface area contributed by atoms with E-state index in [2.05, 4.69) is 24.9 Å². The molecule has 0 aliphatic heterocycles. The maximum atomic E-state index is 11.9. The van der Waals surface area contributed by atoms with Crippen molar-refractivity contribution < 1.29 is 8.42 Å². The Kier molecular flexibility index (Phi) is 3.39. The number of aromatic nitrogens is 4. The number of hydrogen-bond donors (Lipinski definition) is 2. The van der Waals surface area contributed by atoms with Crippen LogP contribution in [-0.4, -0.2) is 28.6 Å². The molecule has 0 radical (unpaired) electrons. The predicted molar refractivity (Wildman–Crippen MR) is 66.5 cm³/mol. The standard InChI is InChI=1S/C8H10N6O2S2/c1-2-6-12-13-8(17-6)14-18(15,16)5-3-10-7(9)11-4-5/h3-4H,2H2,1H3,(H,13,14)(H2,9,10,11). The molecule has 0 saturated carbocycles. The van der Waals surface area contributed by atoms with Gasteiger partial charge >= 0.3 is 0 Å². The summed E-state index contributed by atoms with van der Waals surface area (Å²) in [5.74, 6) is 0.0122. The highest BCUT2D eigenvalue weighted by atomic mass is 32.2. The lowest BCUT2D eigenvalue weighted by Gasteiger charge is -2.03. The summed E-state index contributed by atoms with van der Waals surface area (Å²) in [7, 11) is -3.75. The third-order valence-corrected chi connectivity index (χ3v) is 4.36. The Hall–Kier alpha value is -1.81. The lowest BCUT2D eigenvalue weighted by molar-refractivity contribution is 0.600. The number of nitrogens with zero attached hydrogens (tertiary/aromatic N) is 4. The molecule has 2 rings (SSSR count). The molecule has 0 unspecified atom stereocenters. The van der Waals surface area contributed by atoms with E-state index < -0.39 is 10.0 Å². The molecule has 96 valence electrons. The highest BCUT2D eigenvalue weighted by molar-refractivity contribution is 7.93. The van der Waals surface area contributed by atoms with E-state index in [1.54, 1.807) is 0 Å². The predicted octanol–water partition coefficient (Wildman–Crippen LogP) is 0.274. The second kappa shape index (κ2) is 4.82. The Labute approximate surface area is 107 Å². The van der Waals surface area contributed by atoms with Crippen molar-refractivity contribution in [2.24, 2.45) is 0 Å². The SMILES string of the molecule is CCc1nnc(NS(=O)(=O)c2cnc(N)nc2)s1. The summed E-state index contributed by atoms with van der Waals surface area (Å²) in [6, 6.07) is 0. The van der Waals surface area contributed by atoms with Crippen LogP contribution >= 0.6 is 11.3 Å². The van der Waals surface area contributed by atoms with Gasteiger partial charge < -0.3 is 5.73 Å². The first kappa shape index (κ1) is 12.6. The van der Waals surface area contributed by atoms with E-state index in [-0.39, 0.29) is 16.0 Å². The van der Waals surface area contributed by atoms with Crippen molar-refractivity contribution in [1.82, 2.24) is 20.2 Å². The van der Waals surface area contributed by atoms with Crippen LogP contribution in [0, 0.1) is 0 Å². The molecule has 8 nitrogen and oxygen atoms in total. The van der Waals surface area contributed by atoms with Crippen LogP contribution in [-0.2, 0) is 16.4 Å². The fourth-order valence-electron chi connectivity index (χ4n) is 1.08. The monoisotopic (exact) mass is 286 g/mol. The third-order valence-electron chi connectivity index (χ3n) is 1.95. The van der Waals surface area contributed by atoms with Crippen LogP contribution in [0.3, 0.4) is 0 Å². The molecule has 0 bridgehead atoms. The molecule has 2 heterocycles. The van der Waals surface area contributed by atoms with Crippen LogP contribution in [0.1, 0.15) is 11.9 Å². The van der Waals surface area contributed by atoms with Crippen molar-refractivity contribution >= 4 is 32.4 Å². The van der Waals surface area contributed by atoms with E-state index in [0.29, 0.717) is 6.42 Å². The average Bonchev–Trinajstić information content (AvgIpc) is 2.76. The molecule has 0 aromatic carbocycles. The van der Waals surface area contributed by atoms with E-state index in [9.17, 15) is 8.42 Å². The van der Waals surface area contributed by atoms with Gasteiger partial charge in [0.15, 0.2) is 0 Å². The minimum absolute atomic E-state index is 0.0122. The molecule has 0 aliphatic carbocycles. The van der Waals surface area contributed by atoms with Crippen molar-refractivity contribution in [3.05, 3.63) is 17.4 Å². The number of nitrogens with one attached hydrogen (secondary N) is 1. The number of sulfonamides is 1. The molecule has 2 aromatic heterocycles. The average molecular weight is 286 g/mol. The largest absolute Gasteiger partial charge is 0.368 e. The van der Waals surface area contributed by atoms with E-state index in [4.69, 9.17) is 5.73 Å². The van der Waals surface area contributed by atoms with Crippen LogP contribution in [0.25, 0.3) is 0 Å². The van der Waals surface area contributed by atoms with Gasteiger partial charge in [-0.15, -0.1) is 10.2 Å². The number of aryl methyl sites for hydroxylation is 1. The van der Waals surface area contributed by atoms with E-state index in [1.165, 1.54) is 11.3 Å². The van der Waals surface area contributed by atoms with Crippen molar-refractivity contribution in [1.29, 1.82) is 0 Å². The van der Waals surface area contributed by atoms with Crippen molar-refractivity contribution in [3.8, 4) is 0 Å². The number of hydrogen-bond acceptors (Lipinski definition) is 8. The van der Waals surface area contributed by atoms with Crippen molar-refractivity contribution in [2.45, 2.75) is 18.2 Å². The topological polar surface area (TPSA) is 124 Å². The van der Waals surface area contributed by atoms with Gasteiger partial charge in [-0.05, 0) is 6.42 Å². The molecule has 18 heavy (non-hydrogen) atoms. The molecular weight excluding hydrogens is 276 g/mol. The smallest absolute Gasteiger partial charge is 0.266 e. The molecule has 3 N–H and O–H groups in total. The lowest BCUT2D eigenvalue weighted by atomic mass is 10.5. The molecular formula is C8H10N6O2S2. The lowest BCUT2D eigenvalue weighted by Crippen LogP contribution is -2.13. The van der Waals surface area contributed by atoms with Gasteiger partial charge in [0.05, 0.1) is 12.4 Å². The van der Waals surface area contributed by atoms with Gasteiger partial charge in [-0.1, -0.05) is 18.3 Å². The first-order valence-electron chi connectivity index (χ1n) is 4.94. The van der Waals surface area contributed by atoms with Gasteiger partial charge in [0, 0.05) is 0 Å². The molecule has 0 atom stereocenters. The Bertz CT molecular complexity index is 636. The number of nitrogen functional groups attached to an aromatic ring is 1. The fraction of sp³-hybridized carbons (Fsp3) is 0.250. The first-order valence-corrected chi connectivity index (χ1v) is 7.24. The van der Waals surface area contributed by atoms with Gasteiger partial charge in [0.25, 0.3) is 10.0 Å². The second-order valence-corrected chi connectivity index (χ2v) is 5.98. The maximum absolute atomic E-state index is 11.9. The summed E-state index contributed by atoms with van der Waals surface area (Å²) in [5.41, 5.74) is 5.29. The van der Waals surface area contributed by atoms with Crippen molar-refractivity contribution in [3.63, 3.8) is 0 Å². The van der Waals surface area contributed by atoms with Crippen LogP contribution < -0.4 is 10.5 Å². The molecule has 2 aromatic rings. The normalized spacial score (nSPS) is 11.4. The summed E-state index contributed by atoms with van der Waals surface area (Å²) in [5, 5.41) is 8.51. The minimum atomic E-state index is -3.75. The first-order chi connectivity index (χ1) is 8.51. The highest BCUT2D eigenvalue weighted by Crippen LogP contribution is 2.19. The number of rotatable bonds is 4. The second-order valence-electron chi connectivity index (χ2n) is 3.24. The molecule has 10 heteroatoms. The minimum Gasteiger partial charge on any atom is -0.368 e.